The van der Waals surface area contributed by atoms with Crippen LogP contribution in [0.15, 0.2) is 0 Å². The predicted molar refractivity (Wildman–Crippen MR) is 60.8 cm³/mol. The molecule has 0 aliphatic heterocycles. The summed E-state index contributed by atoms with van der Waals surface area (Å²) in [7, 11) is 1.57. The third-order valence-corrected chi connectivity index (χ3v) is 2.85. The van der Waals surface area contributed by atoms with Crippen molar-refractivity contribution in [3.63, 3.8) is 0 Å². The quantitative estimate of drug-likeness (QED) is 0.443. The molecule has 0 heterocycles. The standard InChI is InChI=1S/C9H19ClO4S/c1-2-3-4-5-13-6-7-14-8-9-15(10,11)12/h2-9H2,1H3. The van der Waals surface area contributed by atoms with Crippen LogP contribution < -0.4 is 0 Å². The second-order valence-corrected chi connectivity index (χ2v) is 6.07. The van der Waals surface area contributed by atoms with Gasteiger partial charge >= 0.3 is 0 Å². The fourth-order valence-electron chi connectivity index (χ4n) is 0.935. The highest BCUT2D eigenvalue weighted by atomic mass is 35.7. The van der Waals surface area contributed by atoms with Gasteiger partial charge in [-0.2, -0.15) is 0 Å². The Labute approximate surface area is 96.3 Å². The summed E-state index contributed by atoms with van der Waals surface area (Å²) in [5, 5.41) is 0. The number of ether oxygens (including phenoxy) is 2. The van der Waals surface area contributed by atoms with E-state index < -0.39 is 9.05 Å². The Morgan fingerprint density at radius 2 is 1.60 bits per heavy atom. The lowest BCUT2D eigenvalue weighted by Gasteiger charge is -2.04. The molecule has 0 atom stereocenters. The Bertz CT molecular complexity index is 228. The first kappa shape index (κ1) is 15.2. The van der Waals surface area contributed by atoms with Gasteiger partial charge in [-0.15, -0.1) is 0 Å². The first-order chi connectivity index (χ1) is 7.06. The molecule has 0 saturated heterocycles. The molecule has 0 aromatic heterocycles. The third-order valence-electron chi connectivity index (χ3n) is 1.74. The maximum atomic E-state index is 10.5. The van der Waals surface area contributed by atoms with E-state index in [2.05, 4.69) is 6.92 Å². The molecule has 0 fully saturated rings. The van der Waals surface area contributed by atoms with Gasteiger partial charge in [-0.05, 0) is 6.42 Å². The van der Waals surface area contributed by atoms with Gasteiger partial charge in [-0.3, -0.25) is 0 Å². The highest BCUT2D eigenvalue weighted by Gasteiger charge is 2.03. The Balaban J connectivity index is 3.06. The van der Waals surface area contributed by atoms with Crippen molar-refractivity contribution in [1.82, 2.24) is 0 Å². The number of unbranched alkanes of at least 4 members (excludes halogenated alkanes) is 2. The Morgan fingerprint density at radius 3 is 2.13 bits per heavy atom. The van der Waals surface area contributed by atoms with Crippen molar-refractivity contribution in [2.45, 2.75) is 26.2 Å². The molecule has 4 nitrogen and oxygen atoms in total. The molecule has 6 heteroatoms. The van der Waals surface area contributed by atoms with Gasteiger partial charge in [0.05, 0.1) is 25.6 Å². The van der Waals surface area contributed by atoms with E-state index in [0.29, 0.717) is 13.2 Å². The molecule has 0 bridgehead atoms. The number of hydrogen-bond donors (Lipinski definition) is 0. The molecule has 0 rings (SSSR count). The molecule has 0 aliphatic rings. The molecule has 0 aromatic rings. The maximum absolute atomic E-state index is 10.5. The van der Waals surface area contributed by atoms with Crippen LogP contribution in [0, 0.1) is 0 Å². The Hall–Kier alpha value is 0.160. The van der Waals surface area contributed by atoms with E-state index in [9.17, 15) is 8.42 Å². The smallest absolute Gasteiger partial charge is 0.234 e. The number of rotatable bonds is 10. The second-order valence-electron chi connectivity index (χ2n) is 3.17. The van der Waals surface area contributed by atoms with Gasteiger partial charge in [0.2, 0.25) is 9.05 Å². The molecule has 0 saturated carbocycles. The van der Waals surface area contributed by atoms with Crippen LogP contribution in [-0.2, 0) is 18.5 Å². The van der Waals surface area contributed by atoms with Gasteiger partial charge in [-0.1, -0.05) is 19.8 Å². The van der Waals surface area contributed by atoms with Crippen LogP contribution in [0.4, 0.5) is 0 Å². The molecule has 15 heavy (non-hydrogen) atoms. The minimum absolute atomic E-state index is 0.129. The van der Waals surface area contributed by atoms with Gasteiger partial charge in [0.1, 0.15) is 0 Å². The van der Waals surface area contributed by atoms with Gasteiger partial charge < -0.3 is 9.47 Å². The average molecular weight is 259 g/mol. The van der Waals surface area contributed by atoms with Crippen LogP contribution in [0.25, 0.3) is 0 Å². The fourth-order valence-corrected chi connectivity index (χ4v) is 1.44. The van der Waals surface area contributed by atoms with Crippen LogP contribution in [-0.4, -0.2) is 40.6 Å². The molecule has 0 spiro atoms. The Morgan fingerprint density at radius 1 is 1.00 bits per heavy atom. The van der Waals surface area contributed by atoms with Gasteiger partial charge in [0.15, 0.2) is 0 Å². The Kier molecular flexibility index (Phi) is 9.49. The SMILES string of the molecule is CCCCCOCCOCCS(=O)(=O)Cl. The zero-order valence-electron chi connectivity index (χ0n) is 9.08. The van der Waals surface area contributed by atoms with Crippen LogP contribution in [0.2, 0.25) is 0 Å². The lowest BCUT2D eigenvalue weighted by atomic mass is 10.3. The van der Waals surface area contributed by atoms with E-state index in [1.54, 1.807) is 0 Å². The molecular formula is C9H19ClO4S. The van der Waals surface area contributed by atoms with Crippen molar-refractivity contribution in [1.29, 1.82) is 0 Å². The van der Waals surface area contributed by atoms with Crippen molar-refractivity contribution in [2.24, 2.45) is 0 Å². The molecule has 0 N–H and O–H groups in total. The fraction of sp³-hybridized carbons (Fsp3) is 1.00. The van der Waals surface area contributed by atoms with E-state index in [4.69, 9.17) is 20.2 Å². The highest BCUT2D eigenvalue weighted by Crippen LogP contribution is 1.96. The summed E-state index contributed by atoms with van der Waals surface area (Å²) < 4.78 is 31.3. The largest absolute Gasteiger partial charge is 0.379 e. The van der Waals surface area contributed by atoms with Gasteiger partial charge in [0, 0.05) is 17.3 Å². The van der Waals surface area contributed by atoms with Gasteiger partial charge in [0.25, 0.3) is 0 Å². The van der Waals surface area contributed by atoms with Crippen molar-refractivity contribution >= 4 is 19.7 Å². The molecule has 0 amide bonds. The lowest BCUT2D eigenvalue weighted by molar-refractivity contribution is 0.0521. The van der Waals surface area contributed by atoms with Crippen LogP contribution in [0.5, 0.6) is 0 Å². The predicted octanol–water partition coefficient (Wildman–Crippen LogP) is 1.78. The van der Waals surface area contributed by atoms with E-state index in [0.717, 1.165) is 13.0 Å². The molecule has 0 radical (unpaired) electrons. The van der Waals surface area contributed by atoms with Gasteiger partial charge in [-0.25, -0.2) is 8.42 Å². The normalized spacial score (nSPS) is 11.9. The summed E-state index contributed by atoms with van der Waals surface area (Å²) in [5.74, 6) is -0.148. The summed E-state index contributed by atoms with van der Waals surface area (Å²) in [6.07, 6.45) is 3.41. The summed E-state index contributed by atoms with van der Waals surface area (Å²) in [4.78, 5) is 0. The summed E-state index contributed by atoms with van der Waals surface area (Å²) >= 11 is 0. The summed E-state index contributed by atoms with van der Waals surface area (Å²) in [6, 6.07) is 0. The molecule has 0 aromatic carbocycles. The van der Waals surface area contributed by atoms with Crippen molar-refractivity contribution < 1.29 is 17.9 Å². The molecular weight excluding hydrogens is 240 g/mol. The van der Waals surface area contributed by atoms with E-state index in [-0.39, 0.29) is 12.4 Å². The van der Waals surface area contributed by atoms with Crippen LogP contribution in [0.1, 0.15) is 26.2 Å². The minimum atomic E-state index is -3.42. The van der Waals surface area contributed by atoms with Crippen LogP contribution in [0.3, 0.4) is 0 Å². The molecule has 0 aliphatic carbocycles. The van der Waals surface area contributed by atoms with Crippen molar-refractivity contribution in [3.8, 4) is 0 Å². The minimum Gasteiger partial charge on any atom is -0.379 e. The number of hydrogen-bond acceptors (Lipinski definition) is 4. The summed E-state index contributed by atoms with van der Waals surface area (Å²) in [5.41, 5.74) is 0. The summed E-state index contributed by atoms with van der Waals surface area (Å²) in [6.45, 7) is 3.93. The van der Waals surface area contributed by atoms with Crippen LogP contribution >= 0.6 is 10.7 Å². The van der Waals surface area contributed by atoms with E-state index in [1.807, 2.05) is 0 Å². The first-order valence-electron chi connectivity index (χ1n) is 5.14. The number of halogens is 1. The van der Waals surface area contributed by atoms with E-state index >= 15 is 0 Å². The van der Waals surface area contributed by atoms with Crippen molar-refractivity contribution in [2.75, 3.05) is 32.2 Å². The third kappa shape index (κ3) is 14.2. The highest BCUT2D eigenvalue weighted by molar-refractivity contribution is 8.13. The monoisotopic (exact) mass is 258 g/mol. The average Bonchev–Trinajstić information content (AvgIpc) is 2.14. The second kappa shape index (κ2) is 9.39. The zero-order valence-corrected chi connectivity index (χ0v) is 10.6. The maximum Gasteiger partial charge on any atom is 0.234 e. The zero-order chi connectivity index (χ0) is 11.6. The first-order valence-corrected chi connectivity index (χ1v) is 7.62. The van der Waals surface area contributed by atoms with Crippen molar-refractivity contribution in [3.05, 3.63) is 0 Å². The lowest BCUT2D eigenvalue weighted by Crippen LogP contribution is -2.11. The topological polar surface area (TPSA) is 52.6 Å². The molecule has 92 valence electrons. The van der Waals surface area contributed by atoms with E-state index in [1.165, 1.54) is 12.8 Å². The molecule has 0 unspecified atom stereocenters.